The van der Waals surface area contributed by atoms with Gasteiger partial charge in [-0.2, -0.15) is 0 Å². The van der Waals surface area contributed by atoms with Gasteiger partial charge in [0.2, 0.25) is 0 Å². The molecule has 0 fully saturated rings. The molecule has 1 rings (SSSR count). The number of nitrogens with one attached hydrogen (secondary N) is 2. The lowest BCUT2D eigenvalue weighted by molar-refractivity contribution is -0.146. The van der Waals surface area contributed by atoms with Crippen LogP contribution in [0.5, 0.6) is 11.5 Å². The maximum Gasteiger partial charge on any atom is 0.334 e. The molecule has 20 heavy (non-hydrogen) atoms. The van der Waals surface area contributed by atoms with Crippen molar-refractivity contribution in [3.8, 4) is 11.5 Å². The Balaban J connectivity index is 2.60. The average molecular weight is 284 g/mol. The number of amides is 2. The van der Waals surface area contributed by atoms with E-state index in [1.54, 1.807) is 18.2 Å². The molecule has 0 heterocycles. The number of benzene rings is 1. The first-order chi connectivity index (χ1) is 9.47. The minimum Gasteiger partial charge on any atom is -0.493 e. The van der Waals surface area contributed by atoms with Gasteiger partial charge in [-0.25, -0.2) is 9.59 Å². The van der Waals surface area contributed by atoms with Gasteiger partial charge in [-0.3, -0.25) is 0 Å². The SMILES string of the molecule is COc1ccc(NC(=O)NC[C@H](O)C(=O)O)cc1OC. The standard InChI is InChI=1S/C12H16N2O6/c1-19-9-4-3-7(5-10(9)20-2)14-12(18)13-6-8(15)11(16)17/h3-5,8,15H,6H2,1-2H3,(H,16,17)(H2,13,14,18)/t8-/m0/s1. The Morgan fingerprint density at radius 1 is 1.25 bits per heavy atom. The number of methoxy groups -OCH3 is 2. The zero-order chi connectivity index (χ0) is 15.1. The first kappa shape index (κ1) is 15.6. The van der Waals surface area contributed by atoms with Crippen molar-refractivity contribution in [3.63, 3.8) is 0 Å². The van der Waals surface area contributed by atoms with Crippen molar-refractivity contribution >= 4 is 17.7 Å². The van der Waals surface area contributed by atoms with Crippen LogP contribution < -0.4 is 20.1 Å². The Kier molecular flexibility index (Phi) is 5.60. The summed E-state index contributed by atoms with van der Waals surface area (Å²) in [6.07, 6.45) is -1.65. The second-order valence-electron chi connectivity index (χ2n) is 3.76. The molecule has 0 saturated heterocycles. The van der Waals surface area contributed by atoms with Crippen molar-refractivity contribution < 1.29 is 29.3 Å². The zero-order valence-electron chi connectivity index (χ0n) is 11.0. The summed E-state index contributed by atoms with van der Waals surface area (Å²) in [5.74, 6) is -0.452. The molecule has 1 aromatic rings. The van der Waals surface area contributed by atoms with Crippen LogP contribution in [0.15, 0.2) is 18.2 Å². The van der Waals surface area contributed by atoms with Crippen molar-refractivity contribution in [1.82, 2.24) is 5.32 Å². The number of ether oxygens (including phenoxy) is 2. The number of aliphatic hydroxyl groups excluding tert-OH is 1. The predicted molar refractivity (Wildman–Crippen MR) is 70.2 cm³/mol. The smallest absolute Gasteiger partial charge is 0.334 e. The quantitative estimate of drug-likeness (QED) is 0.595. The third kappa shape index (κ3) is 4.32. The number of carbonyl (C=O) groups excluding carboxylic acids is 1. The van der Waals surface area contributed by atoms with Gasteiger partial charge in [0.1, 0.15) is 0 Å². The molecule has 1 aromatic carbocycles. The number of rotatable bonds is 6. The number of carboxylic acid groups (broad SMARTS) is 1. The molecule has 0 aliphatic rings. The van der Waals surface area contributed by atoms with Crippen molar-refractivity contribution in [2.24, 2.45) is 0 Å². The van der Waals surface area contributed by atoms with Gasteiger partial charge in [0.25, 0.3) is 0 Å². The van der Waals surface area contributed by atoms with E-state index in [0.717, 1.165) is 0 Å². The van der Waals surface area contributed by atoms with E-state index in [2.05, 4.69) is 10.6 Å². The molecular formula is C12H16N2O6. The summed E-state index contributed by atoms with van der Waals surface area (Å²) in [6, 6.07) is 4.11. The second kappa shape index (κ2) is 7.19. The van der Waals surface area contributed by atoms with E-state index in [9.17, 15) is 9.59 Å². The van der Waals surface area contributed by atoms with Crippen LogP contribution in [0.25, 0.3) is 0 Å². The number of aliphatic hydroxyl groups is 1. The normalized spacial score (nSPS) is 11.3. The number of aliphatic carboxylic acids is 1. The summed E-state index contributed by atoms with van der Waals surface area (Å²) in [4.78, 5) is 21.9. The van der Waals surface area contributed by atoms with Crippen molar-refractivity contribution in [2.45, 2.75) is 6.10 Å². The number of hydrogen-bond donors (Lipinski definition) is 4. The number of hydrogen-bond acceptors (Lipinski definition) is 5. The number of carbonyl (C=O) groups is 2. The lowest BCUT2D eigenvalue weighted by Gasteiger charge is -2.12. The molecule has 4 N–H and O–H groups in total. The number of anilines is 1. The number of carboxylic acids is 1. The molecular weight excluding hydrogens is 268 g/mol. The van der Waals surface area contributed by atoms with Crippen molar-refractivity contribution in [2.75, 3.05) is 26.1 Å². The molecule has 0 unspecified atom stereocenters. The molecule has 0 spiro atoms. The van der Waals surface area contributed by atoms with E-state index in [-0.39, 0.29) is 0 Å². The lowest BCUT2D eigenvalue weighted by Crippen LogP contribution is -2.38. The molecule has 0 aliphatic carbocycles. The minimum atomic E-state index is -1.65. The van der Waals surface area contributed by atoms with E-state index in [1.807, 2.05) is 0 Å². The fourth-order valence-electron chi connectivity index (χ4n) is 1.37. The topological polar surface area (TPSA) is 117 Å². The van der Waals surface area contributed by atoms with Crippen LogP contribution in [0.4, 0.5) is 10.5 Å². The van der Waals surface area contributed by atoms with Crippen LogP contribution in [0.1, 0.15) is 0 Å². The highest BCUT2D eigenvalue weighted by Crippen LogP contribution is 2.29. The molecule has 8 nitrogen and oxygen atoms in total. The van der Waals surface area contributed by atoms with E-state index < -0.39 is 24.6 Å². The second-order valence-corrected chi connectivity index (χ2v) is 3.76. The summed E-state index contributed by atoms with van der Waals surface area (Å²) >= 11 is 0. The fourth-order valence-corrected chi connectivity index (χ4v) is 1.37. The lowest BCUT2D eigenvalue weighted by atomic mass is 10.3. The minimum absolute atomic E-state index is 0.394. The Morgan fingerprint density at radius 2 is 1.90 bits per heavy atom. The highest BCUT2D eigenvalue weighted by atomic mass is 16.5. The van der Waals surface area contributed by atoms with Crippen LogP contribution in [0, 0.1) is 0 Å². The molecule has 0 radical (unpaired) electrons. The van der Waals surface area contributed by atoms with E-state index in [4.69, 9.17) is 19.7 Å². The van der Waals surface area contributed by atoms with Gasteiger partial charge in [0, 0.05) is 11.8 Å². The van der Waals surface area contributed by atoms with Crippen LogP contribution >= 0.6 is 0 Å². The van der Waals surface area contributed by atoms with Gasteiger partial charge < -0.3 is 30.3 Å². The van der Waals surface area contributed by atoms with Gasteiger partial charge >= 0.3 is 12.0 Å². The monoisotopic (exact) mass is 284 g/mol. The fraction of sp³-hybridized carbons (Fsp3) is 0.333. The molecule has 8 heteroatoms. The maximum absolute atomic E-state index is 11.5. The summed E-state index contributed by atoms with van der Waals surface area (Å²) in [5, 5.41) is 22.2. The summed E-state index contributed by atoms with van der Waals surface area (Å²) in [5.41, 5.74) is 0.435. The zero-order valence-corrected chi connectivity index (χ0v) is 11.0. The molecule has 2 amide bonds. The molecule has 0 aliphatic heterocycles. The average Bonchev–Trinajstić information content (AvgIpc) is 2.44. The first-order valence-corrected chi connectivity index (χ1v) is 5.65. The van der Waals surface area contributed by atoms with Gasteiger partial charge in [-0.1, -0.05) is 0 Å². The third-order valence-corrected chi connectivity index (χ3v) is 2.38. The summed E-state index contributed by atoms with van der Waals surface area (Å²) in [6.45, 7) is -0.394. The maximum atomic E-state index is 11.5. The van der Waals surface area contributed by atoms with Gasteiger partial charge in [-0.05, 0) is 12.1 Å². The summed E-state index contributed by atoms with van der Waals surface area (Å²) in [7, 11) is 2.95. The van der Waals surface area contributed by atoms with E-state index >= 15 is 0 Å². The van der Waals surface area contributed by atoms with Gasteiger partial charge in [-0.15, -0.1) is 0 Å². The number of urea groups is 1. The van der Waals surface area contributed by atoms with Gasteiger partial charge in [0.15, 0.2) is 17.6 Å². The molecule has 1 atom stereocenters. The molecule has 0 saturated carbocycles. The Hall–Kier alpha value is -2.48. The van der Waals surface area contributed by atoms with Crippen LogP contribution in [0.3, 0.4) is 0 Å². The van der Waals surface area contributed by atoms with E-state index in [0.29, 0.717) is 17.2 Å². The Morgan fingerprint density at radius 3 is 2.45 bits per heavy atom. The third-order valence-electron chi connectivity index (χ3n) is 2.38. The largest absolute Gasteiger partial charge is 0.493 e. The van der Waals surface area contributed by atoms with Crippen LogP contribution in [-0.2, 0) is 4.79 Å². The van der Waals surface area contributed by atoms with Gasteiger partial charge in [0.05, 0.1) is 20.8 Å². The van der Waals surface area contributed by atoms with E-state index in [1.165, 1.54) is 14.2 Å². The Labute approximate surface area is 115 Å². The predicted octanol–water partition coefficient (Wildman–Crippen LogP) is 0.271. The van der Waals surface area contributed by atoms with Crippen molar-refractivity contribution in [1.29, 1.82) is 0 Å². The first-order valence-electron chi connectivity index (χ1n) is 5.65. The summed E-state index contributed by atoms with van der Waals surface area (Å²) < 4.78 is 10.1. The highest BCUT2D eigenvalue weighted by molar-refractivity contribution is 5.90. The van der Waals surface area contributed by atoms with Crippen molar-refractivity contribution in [3.05, 3.63) is 18.2 Å². The van der Waals surface area contributed by atoms with Crippen LogP contribution in [0.2, 0.25) is 0 Å². The molecule has 0 aromatic heterocycles. The highest BCUT2D eigenvalue weighted by Gasteiger charge is 2.14. The van der Waals surface area contributed by atoms with Crippen LogP contribution in [-0.4, -0.2) is 49.1 Å². The molecule has 110 valence electrons. The Bertz CT molecular complexity index is 491. The molecule has 0 bridgehead atoms.